The predicted molar refractivity (Wildman–Crippen MR) is 149 cm³/mol. The first kappa shape index (κ1) is 29.6. The van der Waals surface area contributed by atoms with Gasteiger partial charge in [0, 0.05) is 6.07 Å². The summed E-state index contributed by atoms with van der Waals surface area (Å²) >= 11 is 12.1. The van der Waals surface area contributed by atoms with Gasteiger partial charge >= 0.3 is 11.9 Å². The lowest BCUT2D eigenvalue weighted by Crippen LogP contribution is -2.66. The summed E-state index contributed by atoms with van der Waals surface area (Å²) in [6.45, 7) is 2.03. The molecule has 3 atom stereocenters. The number of hydrogen-bond acceptors (Lipinski definition) is 6. The molecule has 0 amide bonds. The smallest absolute Gasteiger partial charge is 0.327 e. The number of aliphatic carboxylic acids is 1. The van der Waals surface area contributed by atoms with Crippen LogP contribution in [0.1, 0.15) is 69.9 Å². The van der Waals surface area contributed by atoms with Gasteiger partial charge in [-0.1, -0.05) is 80.8 Å². The standard InChI is InChI=1S/C28H33Cl2NO7S/c1-2-3-14-37-28(34)26-25(19-10-7-11-20(16-19)38-21-12-13-22(29)23(30)17-21)31(39(26,35)36)24(27(32)33)15-18-8-5-4-6-9-18/h7,10-13,16-18,24-26H,2-6,8-9,14-15H2,1H3,(H,32,33)/t24-,25-,26+/m0/s1. The number of unbranched alkanes of at least 4 members (excludes halogenated alkanes) is 1. The summed E-state index contributed by atoms with van der Waals surface area (Å²) in [7, 11) is -4.27. The summed E-state index contributed by atoms with van der Waals surface area (Å²) in [5, 5.41) is 9.30. The number of halogens is 2. The fourth-order valence-electron chi connectivity index (χ4n) is 5.36. The number of ether oxygens (including phenoxy) is 2. The Labute approximate surface area is 239 Å². The molecular formula is C28H33Cl2NO7S. The SMILES string of the molecule is CCCCOC(=O)[C@H]1[C@H](c2cccc(Oc3ccc(Cl)c(Cl)c3)c2)N([C@@H](CC2CCCCC2)C(=O)O)S1(=O)=O. The zero-order chi connectivity index (χ0) is 28.2. The maximum Gasteiger partial charge on any atom is 0.327 e. The largest absolute Gasteiger partial charge is 0.480 e. The van der Waals surface area contributed by atoms with E-state index in [1.165, 1.54) is 0 Å². The van der Waals surface area contributed by atoms with Gasteiger partial charge in [-0.05, 0) is 48.6 Å². The van der Waals surface area contributed by atoms with Gasteiger partial charge in [-0.15, -0.1) is 0 Å². The Hall–Kier alpha value is -2.33. The summed E-state index contributed by atoms with van der Waals surface area (Å²) < 4.78 is 39.3. The number of carboxylic acids is 1. The molecule has 1 aliphatic heterocycles. The Morgan fingerprint density at radius 3 is 2.44 bits per heavy atom. The molecule has 1 saturated carbocycles. The van der Waals surface area contributed by atoms with Crippen molar-refractivity contribution in [1.82, 2.24) is 4.31 Å². The van der Waals surface area contributed by atoms with Crippen LogP contribution >= 0.6 is 23.2 Å². The van der Waals surface area contributed by atoms with Gasteiger partial charge in [-0.2, -0.15) is 4.31 Å². The van der Waals surface area contributed by atoms with E-state index in [2.05, 4.69) is 0 Å². The molecule has 4 rings (SSSR count). The number of carboxylic acid groups (broad SMARTS) is 1. The molecule has 8 nitrogen and oxygen atoms in total. The van der Waals surface area contributed by atoms with Gasteiger partial charge in [0.2, 0.25) is 10.0 Å². The van der Waals surface area contributed by atoms with Gasteiger partial charge in [0.1, 0.15) is 17.5 Å². The van der Waals surface area contributed by atoms with Gasteiger partial charge in [0.05, 0.1) is 22.7 Å². The Kier molecular flexibility index (Phi) is 9.80. The van der Waals surface area contributed by atoms with Crippen LogP contribution in [-0.2, 0) is 24.3 Å². The van der Waals surface area contributed by atoms with E-state index in [0.29, 0.717) is 33.5 Å². The molecule has 2 aromatic rings. The van der Waals surface area contributed by atoms with E-state index in [-0.39, 0.29) is 18.9 Å². The summed E-state index contributed by atoms with van der Waals surface area (Å²) in [4.78, 5) is 25.5. The van der Waals surface area contributed by atoms with Crippen LogP contribution in [0.5, 0.6) is 11.5 Å². The molecule has 1 heterocycles. The van der Waals surface area contributed by atoms with Crippen LogP contribution in [0.4, 0.5) is 0 Å². The van der Waals surface area contributed by atoms with Crippen molar-refractivity contribution in [1.29, 1.82) is 0 Å². The summed E-state index contributed by atoms with van der Waals surface area (Å²) in [6.07, 6.45) is 6.37. The number of hydrogen-bond donors (Lipinski definition) is 1. The first-order valence-corrected chi connectivity index (χ1v) is 15.5. The summed E-state index contributed by atoms with van der Waals surface area (Å²) in [6, 6.07) is 9.08. The normalized spacial score (nSPS) is 22.0. The van der Waals surface area contributed by atoms with E-state index in [1.54, 1.807) is 42.5 Å². The zero-order valence-electron chi connectivity index (χ0n) is 21.7. The molecule has 1 saturated heterocycles. The van der Waals surface area contributed by atoms with Crippen molar-refractivity contribution < 1.29 is 32.6 Å². The number of sulfonamides is 1. The average Bonchev–Trinajstić information content (AvgIpc) is 2.90. The van der Waals surface area contributed by atoms with E-state index >= 15 is 0 Å². The minimum absolute atomic E-state index is 0.0962. The quantitative estimate of drug-likeness (QED) is 0.229. The molecule has 2 aliphatic rings. The molecule has 212 valence electrons. The molecule has 1 N–H and O–H groups in total. The van der Waals surface area contributed by atoms with E-state index in [9.17, 15) is 23.1 Å². The molecule has 0 aromatic heterocycles. The molecule has 39 heavy (non-hydrogen) atoms. The number of nitrogens with zero attached hydrogens (tertiary/aromatic N) is 1. The second-order valence-electron chi connectivity index (χ2n) is 10.1. The van der Waals surface area contributed by atoms with Crippen LogP contribution in [0.2, 0.25) is 10.0 Å². The van der Waals surface area contributed by atoms with Crippen LogP contribution in [0.3, 0.4) is 0 Å². The van der Waals surface area contributed by atoms with Crippen LogP contribution in [0, 0.1) is 5.92 Å². The molecule has 11 heteroatoms. The molecule has 0 spiro atoms. The molecule has 0 bridgehead atoms. The second kappa shape index (κ2) is 12.9. The molecule has 0 radical (unpaired) electrons. The van der Waals surface area contributed by atoms with Crippen molar-refractivity contribution in [2.24, 2.45) is 5.92 Å². The maximum atomic E-state index is 13.5. The van der Waals surface area contributed by atoms with Crippen molar-refractivity contribution in [2.75, 3.05) is 6.61 Å². The fraction of sp³-hybridized carbons (Fsp3) is 0.500. The van der Waals surface area contributed by atoms with Gasteiger partial charge in [-0.3, -0.25) is 9.59 Å². The highest BCUT2D eigenvalue weighted by atomic mass is 35.5. The number of benzene rings is 2. The van der Waals surface area contributed by atoms with Crippen LogP contribution in [0.25, 0.3) is 0 Å². The molecular weight excluding hydrogens is 565 g/mol. The minimum atomic E-state index is -4.27. The lowest BCUT2D eigenvalue weighted by molar-refractivity contribution is -0.150. The third-order valence-electron chi connectivity index (χ3n) is 7.35. The van der Waals surface area contributed by atoms with E-state index in [0.717, 1.165) is 42.8 Å². The number of rotatable bonds is 11. The summed E-state index contributed by atoms with van der Waals surface area (Å²) in [5.41, 5.74) is 0.440. The highest BCUT2D eigenvalue weighted by Gasteiger charge is 2.62. The monoisotopic (exact) mass is 597 g/mol. The third kappa shape index (κ3) is 6.70. The minimum Gasteiger partial charge on any atom is -0.480 e. The number of carbonyl (C=O) groups is 2. The highest BCUT2D eigenvalue weighted by molar-refractivity contribution is 7.92. The first-order valence-electron chi connectivity index (χ1n) is 13.3. The van der Waals surface area contributed by atoms with Crippen molar-refractivity contribution in [3.05, 3.63) is 58.1 Å². The number of carbonyl (C=O) groups excluding carboxylic acids is 1. The summed E-state index contributed by atoms with van der Waals surface area (Å²) in [5.74, 6) is -1.21. The average molecular weight is 599 g/mol. The van der Waals surface area contributed by atoms with Crippen LogP contribution in [0.15, 0.2) is 42.5 Å². The van der Waals surface area contributed by atoms with Crippen LogP contribution < -0.4 is 4.74 Å². The first-order chi connectivity index (χ1) is 18.6. The van der Waals surface area contributed by atoms with Crippen molar-refractivity contribution >= 4 is 45.2 Å². The molecule has 0 unspecified atom stereocenters. The predicted octanol–water partition coefficient (Wildman–Crippen LogP) is 6.61. The van der Waals surface area contributed by atoms with Crippen molar-refractivity contribution in [2.45, 2.75) is 75.6 Å². The van der Waals surface area contributed by atoms with E-state index in [1.807, 2.05) is 6.92 Å². The van der Waals surface area contributed by atoms with E-state index in [4.69, 9.17) is 32.7 Å². The number of esters is 1. The Balaban J connectivity index is 1.68. The maximum absolute atomic E-state index is 13.5. The van der Waals surface area contributed by atoms with Crippen molar-refractivity contribution in [3.8, 4) is 11.5 Å². The third-order valence-corrected chi connectivity index (χ3v) is 10.3. The second-order valence-corrected chi connectivity index (χ2v) is 12.9. The highest BCUT2D eigenvalue weighted by Crippen LogP contribution is 2.47. The lowest BCUT2D eigenvalue weighted by Gasteiger charge is -2.48. The molecule has 2 aromatic carbocycles. The Morgan fingerprint density at radius 1 is 1.05 bits per heavy atom. The van der Waals surface area contributed by atoms with Gasteiger partial charge in [0.25, 0.3) is 0 Å². The molecule has 1 aliphatic carbocycles. The lowest BCUT2D eigenvalue weighted by atomic mass is 9.84. The Bertz CT molecular complexity index is 1300. The van der Waals surface area contributed by atoms with Gasteiger partial charge < -0.3 is 14.6 Å². The van der Waals surface area contributed by atoms with Crippen LogP contribution in [-0.4, -0.2) is 47.7 Å². The fourth-order valence-corrected chi connectivity index (χ4v) is 7.73. The van der Waals surface area contributed by atoms with E-state index < -0.39 is 39.3 Å². The Morgan fingerprint density at radius 2 is 1.77 bits per heavy atom. The molecule has 2 fully saturated rings. The zero-order valence-corrected chi connectivity index (χ0v) is 24.1. The van der Waals surface area contributed by atoms with Gasteiger partial charge in [0.15, 0.2) is 5.25 Å². The topological polar surface area (TPSA) is 110 Å². The van der Waals surface area contributed by atoms with Crippen molar-refractivity contribution in [3.63, 3.8) is 0 Å². The van der Waals surface area contributed by atoms with Gasteiger partial charge in [-0.25, -0.2) is 8.42 Å².